The van der Waals surface area contributed by atoms with Gasteiger partial charge in [-0.05, 0) is 36.8 Å². The Morgan fingerprint density at radius 3 is 2.61 bits per heavy atom. The molecule has 5 nitrogen and oxygen atoms in total. The van der Waals surface area contributed by atoms with E-state index in [2.05, 4.69) is 0 Å². The van der Waals surface area contributed by atoms with Crippen molar-refractivity contribution in [2.75, 3.05) is 6.61 Å². The third kappa shape index (κ3) is 4.73. The van der Waals surface area contributed by atoms with Gasteiger partial charge in [-0.1, -0.05) is 30.3 Å². The number of hydrogen-bond acceptors (Lipinski definition) is 5. The molecule has 0 aliphatic heterocycles. The molecule has 0 bridgehead atoms. The van der Waals surface area contributed by atoms with Crippen LogP contribution in [0.25, 0.3) is 22.1 Å². The highest BCUT2D eigenvalue weighted by Gasteiger charge is 2.17. The minimum Gasteiger partial charge on any atom is -0.486 e. The number of para-hydroxylation sites is 1. The van der Waals surface area contributed by atoms with E-state index < -0.39 is 17.6 Å². The van der Waals surface area contributed by atoms with Crippen molar-refractivity contribution in [1.82, 2.24) is 0 Å². The molecule has 33 heavy (non-hydrogen) atoms. The summed E-state index contributed by atoms with van der Waals surface area (Å²) in [6.45, 7) is 2.01. The SMILES string of the molecule is CCOC(=O)Cc1cccc(F)c1OCc1cc(-c2cccc(CN)c2F)c2occc2c1. The normalized spacial score (nSPS) is 11.0. The molecule has 0 fully saturated rings. The van der Waals surface area contributed by atoms with Crippen molar-refractivity contribution >= 4 is 16.9 Å². The highest BCUT2D eigenvalue weighted by atomic mass is 19.1. The Balaban J connectivity index is 1.68. The van der Waals surface area contributed by atoms with Crippen LogP contribution in [0.4, 0.5) is 8.78 Å². The van der Waals surface area contributed by atoms with Crippen molar-refractivity contribution in [1.29, 1.82) is 0 Å². The number of furan rings is 1. The van der Waals surface area contributed by atoms with Gasteiger partial charge in [-0.25, -0.2) is 8.78 Å². The number of carbonyl (C=O) groups is 1. The van der Waals surface area contributed by atoms with Crippen molar-refractivity contribution in [3.05, 3.63) is 89.2 Å². The number of esters is 1. The van der Waals surface area contributed by atoms with Gasteiger partial charge in [0.15, 0.2) is 11.6 Å². The molecule has 0 aliphatic rings. The topological polar surface area (TPSA) is 74.7 Å². The Kier molecular flexibility index (Phi) is 6.70. The lowest BCUT2D eigenvalue weighted by Gasteiger charge is -2.14. The number of carbonyl (C=O) groups excluding carboxylic acids is 1. The highest BCUT2D eigenvalue weighted by Crippen LogP contribution is 2.34. The maximum absolute atomic E-state index is 15.0. The van der Waals surface area contributed by atoms with Gasteiger partial charge in [0, 0.05) is 34.2 Å². The molecule has 0 saturated heterocycles. The van der Waals surface area contributed by atoms with Crippen LogP contribution in [-0.4, -0.2) is 12.6 Å². The van der Waals surface area contributed by atoms with Crippen LogP contribution in [0.2, 0.25) is 0 Å². The van der Waals surface area contributed by atoms with E-state index >= 15 is 4.39 Å². The Morgan fingerprint density at radius 2 is 1.82 bits per heavy atom. The van der Waals surface area contributed by atoms with Crippen molar-refractivity contribution in [2.45, 2.75) is 26.5 Å². The lowest BCUT2D eigenvalue weighted by Crippen LogP contribution is -2.10. The van der Waals surface area contributed by atoms with Crippen LogP contribution < -0.4 is 10.5 Å². The summed E-state index contributed by atoms with van der Waals surface area (Å²) in [6, 6.07) is 14.8. The fourth-order valence-corrected chi connectivity index (χ4v) is 3.75. The predicted molar refractivity (Wildman–Crippen MR) is 121 cm³/mol. The second kappa shape index (κ2) is 9.83. The lowest BCUT2D eigenvalue weighted by molar-refractivity contribution is -0.142. The van der Waals surface area contributed by atoms with Gasteiger partial charge in [-0.15, -0.1) is 0 Å². The quantitative estimate of drug-likeness (QED) is 0.357. The average Bonchev–Trinajstić information content (AvgIpc) is 3.27. The number of hydrogen-bond donors (Lipinski definition) is 1. The maximum Gasteiger partial charge on any atom is 0.310 e. The van der Waals surface area contributed by atoms with Gasteiger partial charge in [0.05, 0.1) is 19.3 Å². The molecule has 0 amide bonds. The van der Waals surface area contributed by atoms with Crippen LogP contribution >= 0.6 is 0 Å². The van der Waals surface area contributed by atoms with E-state index in [4.69, 9.17) is 19.6 Å². The van der Waals surface area contributed by atoms with Gasteiger partial charge in [-0.2, -0.15) is 0 Å². The number of ether oxygens (including phenoxy) is 2. The summed E-state index contributed by atoms with van der Waals surface area (Å²) in [6.07, 6.45) is 1.42. The third-order valence-electron chi connectivity index (χ3n) is 5.27. The largest absolute Gasteiger partial charge is 0.486 e. The Morgan fingerprint density at radius 1 is 1.03 bits per heavy atom. The van der Waals surface area contributed by atoms with Crippen molar-refractivity contribution < 1.29 is 27.5 Å². The van der Waals surface area contributed by atoms with Crippen LogP contribution in [0.1, 0.15) is 23.6 Å². The van der Waals surface area contributed by atoms with Crippen LogP contribution in [-0.2, 0) is 29.1 Å². The molecule has 0 spiro atoms. The first-order chi connectivity index (χ1) is 16.0. The summed E-state index contributed by atoms with van der Waals surface area (Å²) in [4.78, 5) is 11.9. The van der Waals surface area contributed by atoms with E-state index in [0.717, 1.165) is 5.39 Å². The molecule has 0 aliphatic carbocycles. The van der Waals surface area contributed by atoms with Crippen molar-refractivity contribution in [2.24, 2.45) is 5.73 Å². The second-order valence-corrected chi connectivity index (χ2v) is 7.46. The van der Waals surface area contributed by atoms with Crippen LogP contribution in [0.3, 0.4) is 0 Å². The zero-order valence-electron chi connectivity index (χ0n) is 18.1. The lowest BCUT2D eigenvalue weighted by atomic mass is 9.98. The molecule has 1 heterocycles. The molecule has 1 aromatic heterocycles. The first-order valence-electron chi connectivity index (χ1n) is 10.6. The van der Waals surface area contributed by atoms with E-state index in [1.54, 1.807) is 43.3 Å². The van der Waals surface area contributed by atoms with Gasteiger partial charge < -0.3 is 19.6 Å². The maximum atomic E-state index is 15.0. The van der Waals surface area contributed by atoms with E-state index in [1.807, 2.05) is 6.07 Å². The molecule has 7 heteroatoms. The minimum absolute atomic E-state index is 0.00305. The molecule has 0 atom stereocenters. The minimum atomic E-state index is -0.580. The van der Waals surface area contributed by atoms with Gasteiger partial charge in [0.2, 0.25) is 0 Å². The average molecular weight is 451 g/mol. The first kappa shape index (κ1) is 22.5. The third-order valence-corrected chi connectivity index (χ3v) is 5.27. The molecule has 3 aromatic carbocycles. The number of halogens is 2. The van der Waals surface area contributed by atoms with Gasteiger partial charge >= 0.3 is 5.97 Å². The van der Waals surface area contributed by atoms with Gasteiger partial charge in [0.1, 0.15) is 18.0 Å². The number of fused-ring (bicyclic) bond motifs is 1. The van der Waals surface area contributed by atoms with E-state index in [9.17, 15) is 9.18 Å². The highest BCUT2D eigenvalue weighted by molar-refractivity contribution is 5.93. The predicted octanol–water partition coefficient (Wildman–Crippen LogP) is 5.52. The second-order valence-electron chi connectivity index (χ2n) is 7.46. The van der Waals surface area contributed by atoms with Crippen LogP contribution in [0.5, 0.6) is 5.75 Å². The molecule has 4 aromatic rings. The van der Waals surface area contributed by atoms with Crippen LogP contribution in [0, 0.1) is 11.6 Å². The molecule has 4 rings (SSSR count). The first-order valence-corrected chi connectivity index (χ1v) is 10.6. The summed E-state index contributed by atoms with van der Waals surface area (Å²) in [5.74, 6) is -1.48. The Bertz CT molecular complexity index is 1300. The van der Waals surface area contributed by atoms with E-state index in [-0.39, 0.29) is 31.9 Å². The summed E-state index contributed by atoms with van der Waals surface area (Å²) < 4.78 is 45.9. The van der Waals surface area contributed by atoms with Crippen molar-refractivity contribution in [3.8, 4) is 16.9 Å². The van der Waals surface area contributed by atoms with Crippen LogP contribution in [0.15, 0.2) is 65.3 Å². The molecular formula is C26H23F2NO4. The summed E-state index contributed by atoms with van der Waals surface area (Å²) in [7, 11) is 0. The fourth-order valence-electron chi connectivity index (χ4n) is 3.75. The molecule has 0 radical (unpaired) electrons. The molecule has 0 saturated carbocycles. The van der Waals surface area contributed by atoms with E-state index in [0.29, 0.717) is 33.4 Å². The Hall–Kier alpha value is -3.71. The summed E-state index contributed by atoms with van der Waals surface area (Å²) in [5.41, 5.74) is 8.55. The number of nitrogens with two attached hydrogens (primary N) is 1. The summed E-state index contributed by atoms with van der Waals surface area (Å²) >= 11 is 0. The number of benzene rings is 3. The summed E-state index contributed by atoms with van der Waals surface area (Å²) in [5, 5.41) is 0.754. The molecule has 2 N–H and O–H groups in total. The molecule has 170 valence electrons. The Labute approximate surface area is 189 Å². The monoisotopic (exact) mass is 451 g/mol. The smallest absolute Gasteiger partial charge is 0.310 e. The van der Waals surface area contributed by atoms with Gasteiger partial charge in [0.25, 0.3) is 0 Å². The fraction of sp³-hybridized carbons (Fsp3) is 0.192. The number of rotatable bonds is 8. The standard InChI is InChI=1S/C26H23F2NO4/c1-2-31-23(30)13-17-5-4-8-22(27)26(17)33-15-16-11-18-9-10-32-25(18)21(12-16)20-7-3-6-19(14-29)24(20)28/h3-12H,2,13-15,29H2,1H3. The van der Waals surface area contributed by atoms with Crippen molar-refractivity contribution in [3.63, 3.8) is 0 Å². The van der Waals surface area contributed by atoms with Gasteiger partial charge in [-0.3, -0.25) is 4.79 Å². The zero-order chi connectivity index (χ0) is 23.4. The molecule has 0 unspecified atom stereocenters. The van der Waals surface area contributed by atoms with E-state index in [1.165, 1.54) is 18.4 Å². The zero-order valence-corrected chi connectivity index (χ0v) is 18.1. The molecular weight excluding hydrogens is 428 g/mol.